The van der Waals surface area contributed by atoms with E-state index in [1.54, 1.807) is 0 Å². The zero-order chi connectivity index (χ0) is 21.0. The van der Waals surface area contributed by atoms with Crippen molar-refractivity contribution in [1.82, 2.24) is 9.97 Å². The molecule has 0 radical (unpaired) electrons. The molecule has 0 saturated carbocycles. The van der Waals surface area contributed by atoms with Crippen LogP contribution in [0, 0.1) is 0 Å². The molecular weight excluding hydrogens is 388 g/mol. The molecule has 2 unspecified atom stereocenters. The van der Waals surface area contributed by atoms with Crippen LogP contribution in [0.4, 0.5) is 0 Å². The molecule has 0 bridgehead atoms. The fraction of sp³-hybridized carbons (Fsp3) is 0.545. The van der Waals surface area contributed by atoms with Gasteiger partial charge in [0.1, 0.15) is 22.8 Å². The highest BCUT2D eigenvalue weighted by molar-refractivity contribution is 7.14. The molecule has 2 atom stereocenters. The van der Waals surface area contributed by atoms with Crippen molar-refractivity contribution in [2.45, 2.75) is 78.4 Å². The van der Waals surface area contributed by atoms with E-state index in [2.05, 4.69) is 37.7 Å². The van der Waals surface area contributed by atoms with Crippen LogP contribution in [-0.2, 0) is 0 Å². The maximum absolute atomic E-state index is 12.2. The summed E-state index contributed by atoms with van der Waals surface area (Å²) in [6.07, 6.45) is 5.68. The summed E-state index contributed by atoms with van der Waals surface area (Å²) in [6, 6.07) is 1.93. The third-order valence-corrected chi connectivity index (χ3v) is 5.96. The van der Waals surface area contributed by atoms with E-state index in [0.717, 1.165) is 49.2 Å². The molecule has 1 aromatic rings. The Morgan fingerprint density at radius 3 is 2.17 bits per heavy atom. The first kappa shape index (κ1) is 21.4. The van der Waals surface area contributed by atoms with Gasteiger partial charge in [0.15, 0.2) is 5.75 Å². The van der Waals surface area contributed by atoms with Crippen molar-refractivity contribution in [3.63, 3.8) is 0 Å². The topological polar surface area (TPSA) is 78.4 Å². The SMILES string of the molecule is CCCC(CC)Oc1ccsc1-c1nc2c(=O)c(=O)nc-2c1OC(CC)CCC. The Morgan fingerprint density at radius 2 is 1.55 bits per heavy atom. The molecule has 0 spiro atoms. The van der Waals surface area contributed by atoms with E-state index < -0.39 is 11.0 Å². The van der Waals surface area contributed by atoms with Gasteiger partial charge in [0.25, 0.3) is 5.43 Å². The number of fused-ring (bicyclic) bond motifs is 1. The van der Waals surface area contributed by atoms with Gasteiger partial charge in [0, 0.05) is 0 Å². The molecule has 0 saturated heterocycles. The first-order valence-electron chi connectivity index (χ1n) is 10.5. The van der Waals surface area contributed by atoms with Crippen molar-refractivity contribution < 1.29 is 9.47 Å². The van der Waals surface area contributed by atoms with Gasteiger partial charge in [-0.2, -0.15) is 4.98 Å². The average Bonchev–Trinajstić information content (AvgIpc) is 3.38. The smallest absolute Gasteiger partial charge is 0.320 e. The Labute approximate surface area is 175 Å². The monoisotopic (exact) mass is 416 g/mol. The van der Waals surface area contributed by atoms with Gasteiger partial charge in [0.2, 0.25) is 0 Å². The third-order valence-electron chi connectivity index (χ3n) is 5.06. The van der Waals surface area contributed by atoms with Gasteiger partial charge in [0.05, 0.1) is 17.1 Å². The summed E-state index contributed by atoms with van der Waals surface area (Å²) in [5, 5.41) is 1.94. The van der Waals surface area contributed by atoms with Crippen molar-refractivity contribution in [3.05, 3.63) is 32.0 Å². The molecule has 0 fully saturated rings. The Balaban J connectivity index is 2.06. The molecule has 3 rings (SSSR count). The van der Waals surface area contributed by atoms with Crippen LogP contribution in [0.25, 0.3) is 22.0 Å². The van der Waals surface area contributed by atoms with Gasteiger partial charge in [-0.15, -0.1) is 11.3 Å². The van der Waals surface area contributed by atoms with Crippen LogP contribution >= 0.6 is 11.3 Å². The number of aromatic nitrogens is 2. The number of rotatable bonds is 11. The third kappa shape index (κ3) is 4.34. The molecule has 0 N–H and O–H groups in total. The van der Waals surface area contributed by atoms with Crippen LogP contribution in [0.15, 0.2) is 21.0 Å². The van der Waals surface area contributed by atoms with E-state index in [9.17, 15) is 9.59 Å². The van der Waals surface area contributed by atoms with E-state index in [1.807, 2.05) is 11.4 Å². The Hall–Kier alpha value is -2.28. The molecule has 2 aliphatic rings. The predicted octanol–water partition coefficient (Wildman–Crippen LogP) is 4.82. The van der Waals surface area contributed by atoms with E-state index in [-0.39, 0.29) is 23.6 Å². The second-order valence-corrected chi connectivity index (χ2v) is 8.14. The Bertz CT molecular complexity index is 989. The lowest BCUT2D eigenvalue weighted by Gasteiger charge is -2.19. The van der Waals surface area contributed by atoms with E-state index in [4.69, 9.17) is 9.47 Å². The molecule has 6 nitrogen and oxygen atoms in total. The van der Waals surface area contributed by atoms with Crippen LogP contribution in [0.5, 0.6) is 11.5 Å². The van der Waals surface area contributed by atoms with Crippen LogP contribution < -0.4 is 20.5 Å². The van der Waals surface area contributed by atoms with Crippen LogP contribution in [-0.4, -0.2) is 22.2 Å². The molecule has 156 valence electrons. The summed E-state index contributed by atoms with van der Waals surface area (Å²) in [5.74, 6) is 1.16. The van der Waals surface area contributed by atoms with Crippen LogP contribution in [0.2, 0.25) is 0 Å². The Kier molecular flexibility index (Phi) is 7.00. The lowest BCUT2D eigenvalue weighted by Crippen LogP contribution is -2.19. The molecule has 1 aromatic heterocycles. The maximum atomic E-state index is 12.2. The Morgan fingerprint density at radius 1 is 0.897 bits per heavy atom. The molecule has 0 amide bonds. The van der Waals surface area contributed by atoms with Crippen molar-refractivity contribution in [2.24, 2.45) is 0 Å². The van der Waals surface area contributed by atoms with Crippen molar-refractivity contribution in [3.8, 4) is 33.5 Å². The lowest BCUT2D eigenvalue weighted by molar-refractivity contribution is 0.184. The average molecular weight is 417 g/mol. The van der Waals surface area contributed by atoms with E-state index in [1.165, 1.54) is 11.3 Å². The second-order valence-electron chi connectivity index (χ2n) is 7.22. The number of hydrogen-bond acceptors (Lipinski definition) is 7. The molecular formula is C22H28N2O4S. The first-order chi connectivity index (χ1) is 14.0. The molecule has 7 heteroatoms. The molecule has 2 aliphatic heterocycles. The van der Waals surface area contributed by atoms with Crippen LogP contribution in [0.3, 0.4) is 0 Å². The number of ether oxygens (including phenoxy) is 2. The minimum absolute atomic E-state index is 0.0270. The standard InChI is InChI=1S/C22H28N2O4S/c1-5-9-13(7-3)27-15-11-12-29-21(15)18-20(28-14(8-4)10-6-2)17-16(23-18)19(25)22(26)24-17/h11-14H,5-10H2,1-4H3. The van der Waals surface area contributed by atoms with Crippen molar-refractivity contribution >= 4 is 11.3 Å². The van der Waals surface area contributed by atoms with Crippen LogP contribution in [0.1, 0.15) is 66.2 Å². The number of thiophene rings is 1. The lowest BCUT2D eigenvalue weighted by atomic mass is 10.1. The summed E-state index contributed by atoms with van der Waals surface area (Å²) >= 11 is 1.49. The summed E-state index contributed by atoms with van der Waals surface area (Å²) in [7, 11) is 0. The van der Waals surface area contributed by atoms with Gasteiger partial charge in [-0.25, -0.2) is 4.98 Å². The van der Waals surface area contributed by atoms with Gasteiger partial charge in [-0.3, -0.25) is 9.59 Å². The van der Waals surface area contributed by atoms with E-state index in [0.29, 0.717) is 11.4 Å². The van der Waals surface area contributed by atoms with Gasteiger partial charge in [-0.05, 0) is 37.1 Å². The summed E-state index contributed by atoms with van der Waals surface area (Å²) in [6.45, 7) is 8.40. The summed E-state index contributed by atoms with van der Waals surface area (Å²) in [4.78, 5) is 33.3. The van der Waals surface area contributed by atoms with Crippen molar-refractivity contribution in [1.29, 1.82) is 0 Å². The minimum Gasteiger partial charge on any atom is -0.489 e. The zero-order valence-electron chi connectivity index (χ0n) is 17.5. The minimum atomic E-state index is -0.779. The maximum Gasteiger partial charge on any atom is 0.320 e. The number of hydrogen-bond donors (Lipinski definition) is 0. The van der Waals surface area contributed by atoms with Gasteiger partial charge in [-0.1, -0.05) is 40.5 Å². The molecule has 3 heterocycles. The molecule has 0 aromatic carbocycles. The predicted molar refractivity (Wildman–Crippen MR) is 116 cm³/mol. The highest BCUT2D eigenvalue weighted by Gasteiger charge is 2.31. The largest absolute Gasteiger partial charge is 0.489 e. The highest BCUT2D eigenvalue weighted by Crippen LogP contribution is 2.45. The molecule has 29 heavy (non-hydrogen) atoms. The van der Waals surface area contributed by atoms with Gasteiger partial charge < -0.3 is 9.47 Å². The first-order valence-corrected chi connectivity index (χ1v) is 11.3. The van der Waals surface area contributed by atoms with E-state index >= 15 is 0 Å². The summed E-state index contributed by atoms with van der Waals surface area (Å²) < 4.78 is 12.5. The fourth-order valence-corrected chi connectivity index (χ4v) is 4.27. The highest BCUT2D eigenvalue weighted by atomic mass is 32.1. The number of nitrogens with zero attached hydrogens (tertiary/aromatic N) is 2. The normalized spacial score (nSPS) is 13.7. The quantitative estimate of drug-likeness (QED) is 0.417. The summed E-state index contributed by atoms with van der Waals surface area (Å²) in [5.41, 5.74) is -0.545. The van der Waals surface area contributed by atoms with Gasteiger partial charge >= 0.3 is 5.56 Å². The zero-order valence-corrected chi connectivity index (χ0v) is 18.3. The fourth-order valence-electron chi connectivity index (χ4n) is 3.46. The second kappa shape index (κ2) is 9.48. The van der Waals surface area contributed by atoms with Crippen molar-refractivity contribution in [2.75, 3.05) is 0 Å². The molecule has 0 aliphatic carbocycles.